The highest BCUT2D eigenvalue weighted by Gasteiger charge is 2.23. The van der Waals surface area contributed by atoms with Gasteiger partial charge >= 0.3 is 5.69 Å². The van der Waals surface area contributed by atoms with Crippen LogP contribution in [0.2, 0.25) is 5.02 Å². The van der Waals surface area contributed by atoms with Crippen LogP contribution in [-0.2, 0) is 11.3 Å². The van der Waals surface area contributed by atoms with Gasteiger partial charge in [0.2, 0.25) is 5.91 Å². The van der Waals surface area contributed by atoms with Gasteiger partial charge in [0, 0.05) is 17.3 Å². The molecule has 1 aromatic carbocycles. The number of halogens is 1. The summed E-state index contributed by atoms with van der Waals surface area (Å²) < 4.78 is 1.55. The fraction of sp³-hybridized carbons (Fsp3) is 0.235. The molecule has 0 N–H and O–H groups in total. The average Bonchev–Trinajstić information content (AvgIpc) is 3.12. The summed E-state index contributed by atoms with van der Waals surface area (Å²) in [6, 6.07) is 6.95. The molecule has 3 aromatic rings. The Hall–Kier alpha value is -2.78. The van der Waals surface area contributed by atoms with Gasteiger partial charge in [-0.15, -0.1) is 11.3 Å². The molecule has 8 nitrogen and oxygen atoms in total. The minimum atomic E-state index is -0.433. The number of aryl methyl sites for hydroxylation is 1. The van der Waals surface area contributed by atoms with Crippen molar-refractivity contribution in [3.63, 3.8) is 0 Å². The van der Waals surface area contributed by atoms with E-state index in [1.807, 2.05) is 0 Å². The van der Waals surface area contributed by atoms with Crippen LogP contribution in [0.4, 0.5) is 16.5 Å². The van der Waals surface area contributed by atoms with Crippen LogP contribution in [-0.4, -0.2) is 25.6 Å². The van der Waals surface area contributed by atoms with E-state index in [2.05, 4.69) is 10.1 Å². The normalized spacial score (nSPS) is 10.8. The number of amides is 1. The summed E-state index contributed by atoms with van der Waals surface area (Å²) >= 11 is 7.34. The third kappa shape index (κ3) is 3.83. The van der Waals surface area contributed by atoms with Gasteiger partial charge in [0.05, 0.1) is 22.8 Å². The monoisotopic (exact) mass is 405 g/mol. The van der Waals surface area contributed by atoms with Crippen LogP contribution in [0.5, 0.6) is 0 Å². The Labute approximate surface area is 164 Å². The first kappa shape index (κ1) is 19.0. The lowest BCUT2D eigenvalue weighted by atomic mass is 10.3. The standard InChI is InChI=1S/C17H16ClN5O3S/c1-10-16(23(25)26)11(2)21(20-10)8-14-9-27-17(19-14)22(12(3)24)15-6-4-5-13(18)7-15/h4-7,9H,8H2,1-3H3. The van der Waals surface area contributed by atoms with E-state index in [1.54, 1.807) is 48.2 Å². The van der Waals surface area contributed by atoms with Crippen molar-refractivity contribution in [3.8, 4) is 0 Å². The fourth-order valence-electron chi connectivity index (χ4n) is 2.77. The molecule has 0 aliphatic rings. The molecule has 0 saturated carbocycles. The molecule has 2 aromatic heterocycles. The number of nitrogens with zero attached hydrogens (tertiary/aromatic N) is 5. The number of thiazole rings is 1. The lowest BCUT2D eigenvalue weighted by Crippen LogP contribution is -2.22. The summed E-state index contributed by atoms with van der Waals surface area (Å²) in [5.74, 6) is -0.195. The van der Waals surface area contributed by atoms with E-state index in [4.69, 9.17) is 11.6 Å². The number of nitro groups is 1. The molecule has 3 rings (SSSR count). The summed E-state index contributed by atoms with van der Waals surface area (Å²) in [5, 5.41) is 18.2. The van der Waals surface area contributed by atoms with Crippen LogP contribution in [0.25, 0.3) is 0 Å². The number of carbonyl (C=O) groups is 1. The maximum atomic E-state index is 12.2. The maximum Gasteiger partial charge on any atom is 0.312 e. The van der Waals surface area contributed by atoms with Gasteiger partial charge in [-0.1, -0.05) is 17.7 Å². The van der Waals surface area contributed by atoms with Crippen molar-refractivity contribution >= 4 is 45.4 Å². The molecule has 0 saturated heterocycles. The molecule has 0 bridgehead atoms. The van der Waals surface area contributed by atoms with Crippen molar-refractivity contribution in [1.82, 2.24) is 14.8 Å². The van der Waals surface area contributed by atoms with Crippen molar-refractivity contribution in [2.24, 2.45) is 0 Å². The summed E-state index contributed by atoms with van der Waals surface area (Å²) in [6.07, 6.45) is 0. The second-order valence-electron chi connectivity index (χ2n) is 5.89. The molecule has 2 heterocycles. The number of carbonyl (C=O) groups excluding carboxylic acids is 1. The first-order chi connectivity index (χ1) is 12.8. The van der Waals surface area contributed by atoms with Gasteiger partial charge in [-0.3, -0.25) is 24.5 Å². The zero-order chi connectivity index (χ0) is 19.7. The number of benzene rings is 1. The molecule has 140 valence electrons. The van der Waals surface area contributed by atoms with Gasteiger partial charge in [-0.05, 0) is 32.0 Å². The highest BCUT2D eigenvalue weighted by Crippen LogP contribution is 2.31. The van der Waals surface area contributed by atoms with Crippen LogP contribution in [0, 0.1) is 24.0 Å². The van der Waals surface area contributed by atoms with Gasteiger partial charge in [-0.2, -0.15) is 5.10 Å². The van der Waals surface area contributed by atoms with E-state index in [-0.39, 0.29) is 18.1 Å². The molecule has 1 amide bonds. The number of rotatable bonds is 5. The van der Waals surface area contributed by atoms with E-state index >= 15 is 0 Å². The molecule has 0 radical (unpaired) electrons. The predicted octanol–water partition coefficient (Wildman–Crippen LogP) is 4.25. The van der Waals surface area contributed by atoms with Gasteiger partial charge in [0.25, 0.3) is 0 Å². The van der Waals surface area contributed by atoms with Gasteiger partial charge < -0.3 is 0 Å². The second-order valence-corrected chi connectivity index (χ2v) is 7.16. The zero-order valence-corrected chi connectivity index (χ0v) is 16.4. The maximum absolute atomic E-state index is 12.2. The number of anilines is 2. The minimum absolute atomic E-state index is 0.00902. The van der Waals surface area contributed by atoms with Gasteiger partial charge in [0.15, 0.2) is 5.13 Å². The van der Waals surface area contributed by atoms with E-state index in [0.29, 0.717) is 32.9 Å². The van der Waals surface area contributed by atoms with E-state index < -0.39 is 4.92 Å². The topological polar surface area (TPSA) is 94.2 Å². The van der Waals surface area contributed by atoms with E-state index in [1.165, 1.54) is 23.2 Å². The Morgan fingerprint density at radius 1 is 1.41 bits per heavy atom. The second kappa shape index (κ2) is 7.45. The first-order valence-electron chi connectivity index (χ1n) is 7.97. The third-order valence-electron chi connectivity index (χ3n) is 3.95. The molecule has 0 spiro atoms. The van der Waals surface area contributed by atoms with Crippen LogP contribution in [0.15, 0.2) is 29.6 Å². The SMILES string of the molecule is CC(=O)N(c1cccc(Cl)c1)c1nc(Cn2nc(C)c([N+](=O)[O-])c2C)cs1. The first-order valence-corrected chi connectivity index (χ1v) is 9.22. The molecule has 0 aliphatic carbocycles. The Balaban J connectivity index is 1.91. The Morgan fingerprint density at radius 3 is 2.74 bits per heavy atom. The molecule has 0 atom stereocenters. The zero-order valence-electron chi connectivity index (χ0n) is 14.8. The van der Waals surface area contributed by atoms with Crippen LogP contribution >= 0.6 is 22.9 Å². The summed E-state index contributed by atoms with van der Waals surface area (Å²) in [7, 11) is 0. The van der Waals surface area contributed by atoms with Crippen LogP contribution in [0.1, 0.15) is 24.0 Å². The predicted molar refractivity (Wildman–Crippen MR) is 104 cm³/mol. The Kier molecular flexibility index (Phi) is 5.24. The Morgan fingerprint density at radius 2 is 2.15 bits per heavy atom. The quantitative estimate of drug-likeness (QED) is 0.467. The summed E-state index contributed by atoms with van der Waals surface area (Å²) in [6.45, 7) is 4.98. The summed E-state index contributed by atoms with van der Waals surface area (Å²) in [5.41, 5.74) is 2.11. The van der Waals surface area contributed by atoms with E-state index in [0.717, 1.165) is 0 Å². The van der Waals surface area contributed by atoms with E-state index in [9.17, 15) is 14.9 Å². The fourth-order valence-corrected chi connectivity index (χ4v) is 3.84. The summed E-state index contributed by atoms with van der Waals surface area (Å²) in [4.78, 5) is 28.9. The van der Waals surface area contributed by atoms with Gasteiger partial charge in [-0.25, -0.2) is 4.98 Å². The van der Waals surface area contributed by atoms with Crippen LogP contribution < -0.4 is 4.90 Å². The highest BCUT2D eigenvalue weighted by molar-refractivity contribution is 7.14. The third-order valence-corrected chi connectivity index (χ3v) is 5.06. The van der Waals surface area contributed by atoms with Crippen molar-refractivity contribution in [2.45, 2.75) is 27.3 Å². The molecule has 0 unspecified atom stereocenters. The lowest BCUT2D eigenvalue weighted by Gasteiger charge is -2.18. The number of hydrogen-bond donors (Lipinski definition) is 0. The molecule has 0 fully saturated rings. The minimum Gasteiger partial charge on any atom is -0.274 e. The smallest absolute Gasteiger partial charge is 0.274 e. The van der Waals surface area contributed by atoms with Crippen molar-refractivity contribution < 1.29 is 9.72 Å². The molecular formula is C17H16ClN5O3S. The largest absolute Gasteiger partial charge is 0.312 e. The van der Waals surface area contributed by atoms with Gasteiger partial charge in [0.1, 0.15) is 11.4 Å². The molecular weight excluding hydrogens is 390 g/mol. The number of hydrogen-bond acceptors (Lipinski definition) is 6. The van der Waals surface area contributed by atoms with Crippen molar-refractivity contribution in [2.75, 3.05) is 4.90 Å². The van der Waals surface area contributed by atoms with Crippen molar-refractivity contribution in [3.05, 3.63) is 61.9 Å². The number of aromatic nitrogens is 3. The molecule has 0 aliphatic heterocycles. The Bertz CT molecular complexity index is 1030. The van der Waals surface area contributed by atoms with Crippen LogP contribution in [0.3, 0.4) is 0 Å². The molecule has 10 heteroatoms. The molecule has 27 heavy (non-hydrogen) atoms. The van der Waals surface area contributed by atoms with Crippen molar-refractivity contribution in [1.29, 1.82) is 0 Å². The lowest BCUT2D eigenvalue weighted by molar-refractivity contribution is -0.386. The average molecular weight is 406 g/mol. The highest BCUT2D eigenvalue weighted by atomic mass is 35.5.